The van der Waals surface area contributed by atoms with Crippen molar-refractivity contribution in [2.24, 2.45) is 0 Å². The fourth-order valence-electron chi connectivity index (χ4n) is 0. The molecule has 0 atom stereocenters. The Kier molecular flexibility index (Phi) is 92.9. The van der Waals surface area contributed by atoms with Crippen LogP contribution in [0.25, 0.3) is 0 Å². The third-order valence-corrected chi connectivity index (χ3v) is 0. The van der Waals surface area contributed by atoms with Crippen LogP contribution in [-0.4, -0.2) is 0 Å². The molecule has 0 aliphatic heterocycles. The van der Waals surface area contributed by atoms with E-state index < -0.39 is 0 Å². The summed E-state index contributed by atoms with van der Waals surface area (Å²) in [6.07, 6.45) is 0. The molecular formula is IrO2Rh. The van der Waals surface area contributed by atoms with Gasteiger partial charge in [0.25, 0.3) is 0 Å². The van der Waals surface area contributed by atoms with E-state index in [0.29, 0.717) is 0 Å². The van der Waals surface area contributed by atoms with E-state index >= 15 is 0 Å². The van der Waals surface area contributed by atoms with Crippen molar-refractivity contribution in [1.29, 1.82) is 0 Å². The molecule has 0 unspecified atom stereocenters. The molecule has 0 heterocycles. The van der Waals surface area contributed by atoms with Gasteiger partial charge in [-0.15, -0.1) is 0 Å². The van der Waals surface area contributed by atoms with Gasteiger partial charge in [-0.05, 0) is 0 Å². The molecule has 0 radical (unpaired) electrons. The van der Waals surface area contributed by atoms with E-state index in [-0.39, 0.29) is 0 Å². The SMILES string of the molecule is [O]=[Ir].[O]=[Rh]. The molecule has 0 rings (SSSR count). The van der Waals surface area contributed by atoms with Crippen molar-refractivity contribution in [3.05, 3.63) is 0 Å². The Morgan fingerprint density at radius 1 is 1.25 bits per heavy atom. The Labute approximate surface area is 44.3 Å². The van der Waals surface area contributed by atoms with Crippen LogP contribution in [-0.2, 0) is 44.2 Å². The first kappa shape index (κ1) is 8.86. The fourth-order valence-corrected chi connectivity index (χ4v) is 0. The monoisotopic (exact) mass is 328 g/mol. The van der Waals surface area contributed by atoms with Crippen LogP contribution in [0.3, 0.4) is 0 Å². The van der Waals surface area contributed by atoms with Gasteiger partial charge in [0, 0.05) is 0 Å². The minimum atomic E-state index is 0.750. The van der Waals surface area contributed by atoms with Gasteiger partial charge in [-0.1, -0.05) is 0 Å². The minimum absolute atomic E-state index is 0.750. The molecule has 0 aromatic carbocycles. The molecule has 2 nitrogen and oxygen atoms in total. The molecule has 0 aromatic heterocycles. The summed E-state index contributed by atoms with van der Waals surface area (Å²) in [6, 6.07) is 0. The summed E-state index contributed by atoms with van der Waals surface area (Å²) in [6.45, 7) is 0. The molecule has 0 spiro atoms. The molecule has 0 fully saturated rings. The van der Waals surface area contributed by atoms with Crippen molar-refractivity contribution in [2.45, 2.75) is 0 Å². The van der Waals surface area contributed by atoms with E-state index in [0.717, 1.165) is 18.9 Å². The van der Waals surface area contributed by atoms with Gasteiger partial charge in [-0.25, -0.2) is 0 Å². The number of rotatable bonds is 0. The second-order valence-electron chi connectivity index (χ2n) is 0. The average molecular weight is 327 g/mol. The van der Waals surface area contributed by atoms with E-state index in [4.69, 9.17) is 7.08 Å². The Bertz CT molecular complexity index is 8.00. The first-order chi connectivity index (χ1) is 2.00. The zero-order valence-corrected chi connectivity index (χ0v) is 5.52. The van der Waals surface area contributed by atoms with Crippen LogP contribution in [0, 0.1) is 0 Å². The fraction of sp³-hybridized carbons (Fsp3) is 0. The topological polar surface area (TPSA) is 34.1 Å². The van der Waals surface area contributed by atoms with Gasteiger partial charge in [-0.2, -0.15) is 0 Å². The molecule has 0 bridgehead atoms. The number of hydrogen-bond donors (Lipinski definition) is 0. The summed E-state index contributed by atoms with van der Waals surface area (Å²) in [4.78, 5) is 0. The Hall–Kier alpha value is 0.873. The van der Waals surface area contributed by atoms with Crippen molar-refractivity contribution in [1.82, 2.24) is 0 Å². The van der Waals surface area contributed by atoms with Crippen LogP contribution < -0.4 is 0 Å². The summed E-state index contributed by atoms with van der Waals surface area (Å²) < 4.78 is 16.4. The van der Waals surface area contributed by atoms with Gasteiger partial charge < -0.3 is 0 Å². The summed E-state index contributed by atoms with van der Waals surface area (Å²) in [7, 11) is 0. The summed E-state index contributed by atoms with van der Waals surface area (Å²) >= 11 is 2.05. The zero-order valence-electron chi connectivity index (χ0n) is 1.48. The molecule has 0 N–H and O–H groups in total. The molecule has 30 valence electrons. The van der Waals surface area contributed by atoms with Crippen molar-refractivity contribution >= 4 is 0 Å². The quantitative estimate of drug-likeness (QED) is 0.576. The molecule has 0 saturated heterocycles. The van der Waals surface area contributed by atoms with E-state index in [9.17, 15) is 0 Å². The van der Waals surface area contributed by atoms with Gasteiger partial charge in [0.15, 0.2) is 0 Å². The maximum absolute atomic E-state index is 8.25. The standard InChI is InChI=1S/Ir.2O.Rh. The normalized spacial score (nSPS) is 2.50. The van der Waals surface area contributed by atoms with Crippen LogP contribution in [0.2, 0.25) is 0 Å². The predicted octanol–water partition coefficient (Wildman–Crippen LogP) is -0.243. The molecule has 0 aliphatic rings. The second kappa shape index (κ2) is 42.0. The molecule has 0 amide bonds. The van der Waals surface area contributed by atoms with Crippen LogP contribution in [0.4, 0.5) is 0 Å². The van der Waals surface area contributed by atoms with Gasteiger partial charge in [-0.3, -0.25) is 0 Å². The van der Waals surface area contributed by atoms with Crippen molar-refractivity contribution in [2.75, 3.05) is 0 Å². The van der Waals surface area contributed by atoms with E-state index in [2.05, 4.69) is 0 Å². The molecule has 0 aromatic rings. The van der Waals surface area contributed by atoms with Gasteiger partial charge >= 0.3 is 44.2 Å². The molecule has 0 saturated carbocycles. The maximum atomic E-state index is 8.25. The molecular weight excluding hydrogens is 327 g/mol. The second-order valence-corrected chi connectivity index (χ2v) is 0. The van der Waals surface area contributed by atoms with Crippen LogP contribution in [0.15, 0.2) is 0 Å². The van der Waals surface area contributed by atoms with Crippen molar-refractivity contribution in [3.63, 3.8) is 0 Å². The third kappa shape index (κ3) is 13.2. The molecule has 4 heteroatoms. The van der Waals surface area contributed by atoms with E-state index in [1.165, 1.54) is 18.3 Å². The van der Waals surface area contributed by atoms with E-state index in [1.807, 2.05) is 0 Å². The van der Waals surface area contributed by atoms with E-state index in [1.54, 1.807) is 0 Å². The molecule has 4 heavy (non-hydrogen) atoms. The Morgan fingerprint density at radius 3 is 1.25 bits per heavy atom. The Balaban J connectivity index is 0. The summed E-state index contributed by atoms with van der Waals surface area (Å²) in [5, 5.41) is 0. The summed E-state index contributed by atoms with van der Waals surface area (Å²) in [5.74, 6) is 0. The average Bonchev–Trinajstić information content (AvgIpc) is 1.50. The first-order valence-electron chi connectivity index (χ1n) is 0.272. The summed E-state index contributed by atoms with van der Waals surface area (Å²) in [5.41, 5.74) is 0. The van der Waals surface area contributed by atoms with Gasteiger partial charge in [0.2, 0.25) is 0 Å². The predicted molar refractivity (Wildman–Crippen MR) is 1.37 cm³/mol. The van der Waals surface area contributed by atoms with Crippen LogP contribution in [0.5, 0.6) is 0 Å². The van der Waals surface area contributed by atoms with Crippen molar-refractivity contribution in [3.8, 4) is 0 Å². The number of hydrogen-bond acceptors (Lipinski definition) is 2. The first-order valence-corrected chi connectivity index (χ1v) is 1.92. The van der Waals surface area contributed by atoms with Crippen LogP contribution >= 0.6 is 0 Å². The third-order valence-electron chi connectivity index (χ3n) is 0. The van der Waals surface area contributed by atoms with Gasteiger partial charge in [0.05, 0.1) is 0 Å². The van der Waals surface area contributed by atoms with Crippen LogP contribution in [0.1, 0.15) is 0 Å². The molecule has 0 aliphatic carbocycles. The van der Waals surface area contributed by atoms with Gasteiger partial charge in [0.1, 0.15) is 0 Å². The van der Waals surface area contributed by atoms with Crippen molar-refractivity contribution < 1.29 is 44.2 Å². The zero-order chi connectivity index (χ0) is 4.00. The Morgan fingerprint density at radius 2 is 1.25 bits per heavy atom.